The lowest BCUT2D eigenvalue weighted by Crippen LogP contribution is -2.47. The molecule has 10 heteroatoms. The van der Waals surface area contributed by atoms with E-state index in [9.17, 15) is 19.2 Å². The van der Waals surface area contributed by atoms with Crippen LogP contribution in [0.4, 0.5) is 4.79 Å². The molecule has 2 aliphatic rings. The molecular weight excluding hydrogens is 512 g/mol. The van der Waals surface area contributed by atoms with Crippen LogP contribution in [0.5, 0.6) is 5.75 Å². The van der Waals surface area contributed by atoms with Crippen LogP contribution >= 0.6 is 0 Å². The molecule has 2 fully saturated rings. The summed E-state index contributed by atoms with van der Waals surface area (Å²) in [6.07, 6.45) is 0.920. The number of benzene rings is 2. The first-order valence-electron chi connectivity index (χ1n) is 13.6. The fourth-order valence-electron chi connectivity index (χ4n) is 5.60. The van der Waals surface area contributed by atoms with E-state index in [1.54, 1.807) is 35.8 Å². The Hall–Kier alpha value is -4.08. The van der Waals surface area contributed by atoms with Crippen molar-refractivity contribution < 1.29 is 23.9 Å². The molecule has 0 saturated carbocycles. The van der Waals surface area contributed by atoms with Crippen molar-refractivity contribution in [3.05, 3.63) is 64.1 Å². The number of hydrogen-bond donors (Lipinski definition) is 0. The maximum Gasteiger partial charge on any atom is 0.410 e. The van der Waals surface area contributed by atoms with Crippen molar-refractivity contribution in [1.82, 2.24) is 18.9 Å². The zero-order valence-corrected chi connectivity index (χ0v) is 23.7. The van der Waals surface area contributed by atoms with Gasteiger partial charge in [-0.1, -0.05) is 18.2 Å². The minimum atomic E-state index is -0.771. The Balaban J connectivity index is 1.39. The fourth-order valence-corrected chi connectivity index (χ4v) is 5.60. The van der Waals surface area contributed by atoms with Gasteiger partial charge in [0.15, 0.2) is 0 Å². The Labute approximate surface area is 233 Å². The summed E-state index contributed by atoms with van der Waals surface area (Å²) in [7, 11) is 3.27. The zero-order valence-electron chi connectivity index (χ0n) is 23.7. The van der Waals surface area contributed by atoms with Crippen LogP contribution < -0.4 is 10.4 Å². The number of imide groups is 1. The second-order valence-corrected chi connectivity index (χ2v) is 11.6. The van der Waals surface area contributed by atoms with Crippen LogP contribution in [0.3, 0.4) is 0 Å². The van der Waals surface area contributed by atoms with Crippen LogP contribution in [0.15, 0.2) is 47.3 Å². The maximum absolute atomic E-state index is 13.6. The number of aryl methyl sites for hydroxylation is 1. The summed E-state index contributed by atoms with van der Waals surface area (Å²) >= 11 is 0. The minimum Gasteiger partial charge on any atom is -0.497 e. The van der Waals surface area contributed by atoms with Crippen LogP contribution in [-0.2, 0) is 27.9 Å². The van der Waals surface area contributed by atoms with Crippen LogP contribution in [0.2, 0.25) is 0 Å². The molecule has 0 aliphatic carbocycles. The van der Waals surface area contributed by atoms with E-state index in [2.05, 4.69) is 0 Å². The zero-order chi connectivity index (χ0) is 28.8. The summed E-state index contributed by atoms with van der Waals surface area (Å²) in [5.74, 6) is 0.178. The van der Waals surface area contributed by atoms with Gasteiger partial charge in [-0.15, -0.1) is 0 Å². The number of ether oxygens (including phenoxy) is 2. The molecule has 212 valence electrons. The number of imidazole rings is 1. The first kappa shape index (κ1) is 27.5. The molecule has 2 saturated heterocycles. The molecule has 5 rings (SSSR count). The highest BCUT2D eigenvalue weighted by Crippen LogP contribution is 2.32. The fraction of sp³-hybridized carbons (Fsp3) is 0.467. The van der Waals surface area contributed by atoms with Gasteiger partial charge in [-0.25, -0.2) is 9.59 Å². The monoisotopic (exact) mass is 548 g/mol. The molecule has 0 N–H and O–H groups in total. The van der Waals surface area contributed by atoms with E-state index >= 15 is 0 Å². The SMILES string of the molecule is COc1ccc(CN2C(=O)CCC(n3c(=O)n(C)c4cc([C@@H]5CCN(C(=O)OC(C)(C)C)C5)ccc43)C2=O)cc1. The van der Waals surface area contributed by atoms with Gasteiger partial charge in [-0.05, 0) is 69.0 Å². The molecule has 0 radical (unpaired) electrons. The first-order chi connectivity index (χ1) is 19.0. The predicted molar refractivity (Wildman–Crippen MR) is 149 cm³/mol. The number of amides is 3. The lowest BCUT2D eigenvalue weighted by atomic mass is 9.97. The molecule has 2 atom stereocenters. The Bertz CT molecular complexity index is 1510. The van der Waals surface area contributed by atoms with Crippen LogP contribution in [-0.4, -0.2) is 62.6 Å². The number of aromatic nitrogens is 2. The van der Waals surface area contributed by atoms with Crippen molar-refractivity contribution in [2.75, 3.05) is 20.2 Å². The van der Waals surface area contributed by atoms with Gasteiger partial charge >= 0.3 is 11.8 Å². The van der Waals surface area contributed by atoms with Crippen molar-refractivity contribution in [1.29, 1.82) is 0 Å². The van der Waals surface area contributed by atoms with E-state index in [0.29, 0.717) is 29.9 Å². The number of rotatable bonds is 5. The number of carbonyl (C=O) groups excluding carboxylic acids is 3. The summed E-state index contributed by atoms with van der Waals surface area (Å²) in [5.41, 5.74) is 2.33. The molecule has 0 bridgehead atoms. The van der Waals surface area contributed by atoms with Gasteiger partial charge in [0.1, 0.15) is 17.4 Å². The van der Waals surface area contributed by atoms with Gasteiger partial charge in [0.25, 0.3) is 5.91 Å². The van der Waals surface area contributed by atoms with Gasteiger partial charge < -0.3 is 14.4 Å². The number of nitrogens with zero attached hydrogens (tertiary/aromatic N) is 4. The van der Waals surface area contributed by atoms with Crippen LogP contribution in [0, 0.1) is 0 Å². The first-order valence-corrected chi connectivity index (χ1v) is 13.6. The summed E-state index contributed by atoms with van der Waals surface area (Å²) in [4.78, 5) is 55.3. The average molecular weight is 549 g/mol. The van der Waals surface area contributed by atoms with E-state index in [1.807, 2.05) is 51.1 Å². The quantitative estimate of drug-likeness (QED) is 0.447. The van der Waals surface area contributed by atoms with Gasteiger partial charge in [0.2, 0.25) is 5.91 Å². The molecule has 3 amide bonds. The molecule has 40 heavy (non-hydrogen) atoms. The minimum absolute atomic E-state index is 0.115. The van der Waals surface area contributed by atoms with Gasteiger partial charge in [0.05, 0.1) is 24.7 Å². The number of fused-ring (bicyclic) bond motifs is 1. The van der Waals surface area contributed by atoms with E-state index in [0.717, 1.165) is 17.5 Å². The Morgan fingerprint density at radius 3 is 2.40 bits per heavy atom. The van der Waals surface area contributed by atoms with Crippen molar-refractivity contribution in [3.8, 4) is 5.75 Å². The second-order valence-electron chi connectivity index (χ2n) is 11.6. The van der Waals surface area contributed by atoms with Crippen molar-refractivity contribution in [2.45, 2.75) is 64.1 Å². The van der Waals surface area contributed by atoms with Crippen LogP contribution in [0.25, 0.3) is 11.0 Å². The standard InChI is InChI=1S/C30H36N4O6/c1-30(2,3)40-29(38)32-15-14-21(18-32)20-8-11-23-25(16-20)31(4)28(37)34(23)24-12-13-26(35)33(27(24)36)17-19-6-9-22(39-5)10-7-19/h6-11,16,21,24H,12-15,17-18H2,1-5H3/t21-,24?/m1/s1. The molecule has 10 nitrogen and oxygen atoms in total. The molecule has 3 aromatic rings. The smallest absolute Gasteiger partial charge is 0.410 e. The largest absolute Gasteiger partial charge is 0.497 e. The highest BCUT2D eigenvalue weighted by atomic mass is 16.6. The van der Waals surface area contributed by atoms with Gasteiger partial charge in [0, 0.05) is 32.5 Å². The van der Waals surface area contributed by atoms with Crippen molar-refractivity contribution in [2.24, 2.45) is 7.05 Å². The molecule has 2 aromatic carbocycles. The van der Waals surface area contributed by atoms with Crippen molar-refractivity contribution in [3.63, 3.8) is 0 Å². The highest BCUT2D eigenvalue weighted by molar-refractivity contribution is 6.00. The third kappa shape index (κ3) is 5.22. The van der Waals surface area contributed by atoms with E-state index < -0.39 is 11.6 Å². The van der Waals surface area contributed by atoms with Gasteiger partial charge in [-0.3, -0.25) is 23.6 Å². The normalized spacial score (nSPS) is 19.9. The lowest BCUT2D eigenvalue weighted by molar-refractivity contribution is -0.151. The average Bonchev–Trinajstić information content (AvgIpc) is 3.50. The summed E-state index contributed by atoms with van der Waals surface area (Å²) in [5, 5.41) is 0. The molecule has 1 unspecified atom stereocenters. The second kappa shape index (κ2) is 10.5. The number of carbonyl (C=O) groups is 3. The predicted octanol–water partition coefficient (Wildman–Crippen LogP) is 3.96. The third-order valence-corrected chi connectivity index (χ3v) is 7.72. The summed E-state index contributed by atoms with van der Waals surface area (Å²) in [6, 6.07) is 12.3. The third-order valence-electron chi connectivity index (χ3n) is 7.72. The summed E-state index contributed by atoms with van der Waals surface area (Å²) in [6.45, 7) is 6.83. The molecular formula is C30H36N4O6. The van der Waals surface area contributed by atoms with E-state index in [4.69, 9.17) is 9.47 Å². The topological polar surface area (TPSA) is 103 Å². The number of methoxy groups -OCH3 is 1. The number of piperidine rings is 1. The van der Waals surface area contributed by atoms with Crippen LogP contribution in [0.1, 0.15) is 63.1 Å². The number of likely N-dealkylation sites (tertiary alicyclic amines) is 2. The maximum atomic E-state index is 13.6. The molecule has 0 spiro atoms. The Kier molecular flexibility index (Phi) is 7.20. The van der Waals surface area contributed by atoms with Gasteiger partial charge in [-0.2, -0.15) is 0 Å². The highest BCUT2D eigenvalue weighted by Gasteiger charge is 2.38. The summed E-state index contributed by atoms with van der Waals surface area (Å²) < 4.78 is 13.8. The van der Waals surface area contributed by atoms with Crippen molar-refractivity contribution >= 4 is 28.9 Å². The van der Waals surface area contributed by atoms with E-state index in [-0.39, 0.29) is 48.9 Å². The molecule has 1 aromatic heterocycles. The molecule has 3 heterocycles. The molecule has 2 aliphatic heterocycles. The lowest BCUT2D eigenvalue weighted by Gasteiger charge is -2.31. The Morgan fingerprint density at radius 2 is 1.73 bits per heavy atom. The Morgan fingerprint density at radius 1 is 1.00 bits per heavy atom. The van der Waals surface area contributed by atoms with E-state index in [1.165, 1.54) is 9.47 Å². The number of hydrogen-bond acceptors (Lipinski definition) is 6.